The maximum absolute atomic E-state index is 15.2. The largest absolute Gasteiger partial charge is 0.500 e. The van der Waals surface area contributed by atoms with Crippen molar-refractivity contribution in [3.8, 4) is 0 Å². The first-order valence-electron chi connectivity index (χ1n) is 12.5. The number of esters is 1. The number of halogens is 1. The molecule has 0 spiro atoms. The molecule has 0 atom stereocenters. The van der Waals surface area contributed by atoms with Crippen molar-refractivity contribution in [2.45, 2.75) is 97.6 Å². The number of aromatic nitrogens is 1. The van der Waals surface area contributed by atoms with E-state index in [1.54, 1.807) is 13.0 Å². The van der Waals surface area contributed by atoms with Crippen molar-refractivity contribution in [3.63, 3.8) is 0 Å². The standard InChI is InChI=1S/C26H41BFNO5Si/c1-11-31-23(30)22-17(13-12-16-32-35(9,10)24(2,3)4)18-14-15-19(28)20(21(18)29-22)27-33-25(5,6)26(7,8)34-27/h14-15,29H,11-13,16H2,1-10H3. The molecule has 0 radical (unpaired) electrons. The Labute approximate surface area is 210 Å². The zero-order chi connectivity index (χ0) is 26.4. The van der Waals surface area contributed by atoms with E-state index in [2.05, 4.69) is 38.8 Å². The highest BCUT2D eigenvalue weighted by molar-refractivity contribution is 6.74. The minimum Gasteiger partial charge on any atom is -0.461 e. The zero-order valence-corrected chi connectivity index (χ0v) is 24.0. The first kappa shape index (κ1) is 27.9. The third-order valence-electron chi connectivity index (χ3n) is 7.88. The minimum atomic E-state index is -1.87. The van der Waals surface area contributed by atoms with Crippen molar-refractivity contribution in [3.05, 3.63) is 29.2 Å². The van der Waals surface area contributed by atoms with Crippen LogP contribution in [0.5, 0.6) is 0 Å². The molecule has 0 unspecified atom stereocenters. The third kappa shape index (κ3) is 5.38. The number of fused-ring (bicyclic) bond motifs is 1. The van der Waals surface area contributed by atoms with Crippen molar-refractivity contribution in [1.82, 2.24) is 4.98 Å². The van der Waals surface area contributed by atoms with Crippen molar-refractivity contribution < 1.29 is 27.7 Å². The van der Waals surface area contributed by atoms with Crippen LogP contribution < -0.4 is 5.46 Å². The average Bonchev–Trinajstić information content (AvgIpc) is 3.17. The first-order chi connectivity index (χ1) is 16.0. The van der Waals surface area contributed by atoms with Gasteiger partial charge >= 0.3 is 13.1 Å². The number of ether oxygens (including phenoxy) is 1. The van der Waals surface area contributed by atoms with Crippen LogP contribution in [0.25, 0.3) is 10.9 Å². The van der Waals surface area contributed by atoms with E-state index in [0.717, 1.165) is 17.4 Å². The number of nitrogens with one attached hydrogen (secondary N) is 1. The molecule has 3 rings (SSSR count). The van der Waals surface area contributed by atoms with E-state index in [4.69, 9.17) is 18.5 Å². The lowest BCUT2D eigenvalue weighted by atomic mass is 9.77. The molecule has 1 N–H and O–H groups in total. The molecular weight excluding hydrogens is 464 g/mol. The van der Waals surface area contributed by atoms with E-state index in [0.29, 0.717) is 24.2 Å². The molecule has 2 aromatic rings. The van der Waals surface area contributed by atoms with Gasteiger partial charge in [-0.15, -0.1) is 0 Å². The Morgan fingerprint density at radius 1 is 1.14 bits per heavy atom. The van der Waals surface area contributed by atoms with Gasteiger partial charge in [-0.2, -0.15) is 0 Å². The summed E-state index contributed by atoms with van der Waals surface area (Å²) in [5, 5.41) is 0.894. The lowest BCUT2D eigenvalue weighted by molar-refractivity contribution is 0.00578. The van der Waals surface area contributed by atoms with Gasteiger partial charge in [0.2, 0.25) is 0 Å². The Bertz CT molecular complexity index is 1070. The predicted molar refractivity (Wildman–Crippen MR) is 141 cm³/mol. The van der Waals surface area contributed by atoms with Gasteiger partial charge in [0.25, 0.3) is 0 Å². The zero-order valence-electron chi connectivity index (χ0n) is 23.0. The highest BCUT2D eigenvalue weighted by atomic mass is 28.4. The van der Waals surface area contributed by atoms with Gasteiger partial charge in [-0.25, -0.2) is 9.18 Å². The molecular formula is C26H41BFNO5Si. The molecule has 0 aliphatic carbocycles. The van der Waals surface area contributed by atoms with E-state index in [1.165, 1.54) is 6.07 Å². The summed E-state index contributed by atoms with van der Waals surface area (Å²) in [5.41, 5.74) is 0.689. The maximum atomic E-state index is 15.2. The second kappa shape index (κ2) is 9.65. The molecule has 9 heteroatoms. The van der Waals surface area contributed by atoms with Crippen LogP contribution in [0.2, 0.25) is 18.1 Å². The molecule has 6 nitrogen and oxygen atoms in total. The van der Waals surface area contributed by atoms with Crippen molar-refractivity contribution in [2.24, 2.45) is 0 Å². The average molecular weight is 506 g/mol. The van der Waals surface area contributed by atoms with Gasteiger partial charge in [-0.1, -0.05) is 20.8 Å². The van der Waals surface area contributed by atoms with E-state index in [-0.39, 0.29) is 17.1 Å². The van der Waals surface area contributed by atoms with Gasteiger partial charge < -0.3 is 23.5 Å². The van der Waals surface area contributed by atoms with E-state index in [9.17, 15) is 4.79 Å². The summed E-state index contributed by atoms with van der Waals surface area (Å²) in [4.78, 5) is 16.0. The summed E-state index contributed by atoms with van der Waals surface area (Å²) < 4.78 is 39.2. The van der Waals surface area contributed by atoms with Gasteiger partial charge in [0.1, 0.15) is 11.5 Å². The first-order valence-corrected chi connectivity index (χ1v) is 15.4. The topological polar surface area (TPSA) is 69.8 Å². The molecule has 194 valence electrons. The van der Waals surface area contributed by atoms with Crippen molar-refractivity contribution in [1.29, 1.82) is 0 Å². The molecule has 2 heterocycles. The van der Waals surface area contributed by atoms with Crippen LogP contribution in [0.15, 0.2) is 12.1 Å². The van der Waals surface area contributed by atoms with Crippen LogP contribution in [0.4, 0.5) is 4.39 Å². The fourth-order valence-electron chi connectivity index (χ4n) is 3.94. The molecule has 1 aromatic heterocycles. The van der Waals surface area contributed by atoms with Crippen LogP contribution in [0.1, 0.15) is 77.9 Å². The lowest BCUT2D eigenvalue weighted by Gasteiger charge is -2.36. The van der Waals surface area contributed by atoms with E-state index < -0.39 is 38.4 Å². The summed E-state index contributed by atoms with van der Waals surface area (Å²) in [5.74, 6) is -0.898. The second-order valence-corrected chi connectivity index (χ2v) is 16.7. The second-order valence-electron chi connectivity index (χ2n) is 11.9. The van der Waals surface area contributed by atoms with Gasteiger partial charge in [0.15, 0.2) is 8.32 Å². The quantitative estimate of drug-likeness (QED) is 0.282. The number of hydrogen-bond acceptors (Lipinski definition) is 5. The predicted octanol–water partition coefficient (Wildman–Crippen LogP) is 5.74. The van der Waals surface area contributed by atoms with Gasteiger partial charge in [0, 0.05) is 23.0 Å². The minimum absolute atomic E-state index is 0.124. The summed E-state index contributed by atoms with van der Waals surface area (Å²) in [7, 11) is -2.77. The number of benzene rings is 1. The van der Waals surface area contributed by atoms with Gasteiger partial charge in [-0.05, 0) is 83.3 Å². The molecule has 1 aromatic carbocycles. The number of carbonyl (C=O) groups is 1. The summed E-state index contributed by atoms with van der Waals surface area (Å²) in [6.07, 6.45) is 1.33. The maximum Gasteiger partial charge on any atom is 0.500 e. The fourth-order valence-corrected chi connectivity index (χ4v) is 5.02. The van der Waals surface area contributed by atoms with E-state index in [1.807, 2.05) is 27.7 Å². The number of carbonyl (C=O) groups excluding carboxylic acids is 1. The smallest absolute Gasteiger partial charge is 0.461 e. The fraction of sp³-hybridized carbons (Fsp3) is 0.654. The third-order valence-corrected chi connectivity index (χ3v) is 12.4. The number of H-pyrrole nitrogens is 1. The Balaban J connectivity index is 1.98. The molecule has 35 heavy (non-hydrogen) atoms. The Hall–Kier alpha value is -1.68. The Kier molecular flexibility index (Phi) is 7.69. The van der Waals surface area contributed by atoms with Crippen LogP contribution in [0, 0.1) is 5.82 Å². The summed E-state index contributed by atoms with van der Waals surface area (Å²) in [6, 6.07) is 3.13. The normalized spacial score (nSPS) is 17.9. The highest BCUT2D eigenvalue weighted by Crippen LogP contribution is 2.38. The highest BCUT2D eigenvalue weighted by Gasteiger charge is 2.53. The number of rotatable bonds is 8. The Morgan fingerprint density at radius 3 is 2.29 bits per heavy atom. The summed E-state index contributed by atoms with van der Waals surface area (Å²) >= 11 is 0. The van der Waals surface area contributed by atoms with Crippen LogP contribution >= 0.6 is 0 Å². The van der Waals surface area contributed by atoms with Crippen molar-refractivity contribution in [2.75, 3.05) is 13.2 Å². The van der Waals surface area contributed by atoms with Crippen LogP contribution in [-0.2, 0) is 24.9 Å². The van der Waals surface area contributed by atoms with Crippen LogP contribution in [0.3, 0.4) is 0 Å². The van der Waals surface area contributed by atoms with Crippen molar-refractivity contribution >= 4 is 37.8 Å². The molecule has 0 amide bonds. The number of aryl methyl sites for hydroxylation is 1. The number of hydrogen-bond donors (Lipinski definition) is 1. The molecule has 1 aliphatic heterocycles. The SMILES string of the molecule is CCOC(=O)c1[nH]c2c(B3OC(C)(C)C(C)(C)O3)c(F)ccc2c1CCCO[Si](C)(C)C(C)(C)C. The van der Waals surface area contributed by atoms with Crippen LogP contribution in [-0.4, -0.2) is 50.8 Å². The summed E-state index contributed by atoms with van der Waals surface area (Å²) in [6.45, 7) is 21.4. The number of aromatic amines is 1. The monoisotopic (exact) mass is 505 g/mol. The van der Waals surface area contributed by atoms with E-state index >= 15 is 4.39 Å². The van der Waals surface area contributed by atoms with Gasteiger partial charge in [-0.3, -0.25) is 0 Å². The Morgan fingerprint density at radius 2 is 1.74 bits per heavy atom. The molecule has 1 fully saturated rings. The van der Waals surface area contributed by atoms with Gasteiger partial charge in [0.05, 0.1) is 17.8 Å². The lowest BCUT2D eigenvalue weighted by Crippen LogP contribution is -2.41. The molecule has 1 aliphatic rings. The molecule has 0 bridgehead atoms. The molecule has 0 saturated carbocycles. The molecule has 1 saturated heterocycles.